The zero-order valence-corrected chi connectivity index (χ0v) is 23.8. The molecule has 1 heterocycles. The van der Waals surface area contributed by atoms with Crippen LogP contribution in [0.2, 0.25) is 0 Å². The third-order valence-electron chi connectivity index (χ3n) is 6.17. The molecule has 4 rings (SSSR count). The number of hydrogen-bond acceptors (Lipinski definition) is 6. The van der Waals surface area contributed by atoms with Gasteiger partial charge in [-0.2, -0.15) is 0 Å². The number of anilines is 1. The molecule has 0 saturated carbocycles. The summed E-state index contributed by atoms with van der Waals surface area (Å²) in [6.07, 6.45) is 0. The molecule has 7 heteroatoms. The van der Waals surface area contributed by atoms with Crippen molar-refractivity contribution in [1.29, 1.82) is 0 Å². The minimum Gasteiger partial charge on any atom is -0.490 e. The molecule has 4 aromatic rings. The van der Waals surface area contributed by atoms with Gasteiger partial charge in [-0.25, -0.2) is 0 Å². The van der Waals surface area contributed by atoms with Gasteiger partial charge in [0, 0.05) is 5.69 Å². The van der Waals surface area contributed by atoms with Crippen LogP contribution in [0.25, 0.3) is 0 Å². The van der Waals surface area contributed by atoms with Gasteiger partial charge >= 0.3 is 0 Å². The van der Waals surface area contributed by atoms with E-state index in [1.807, 2.05) is 57.2 Å². The minimum atomic E-state index is -0.337. The average Bonchev–Trinajstić information content (AvgIpc) is 3.42. The fourth-order valence-corrected chi connectivity index (χ4v) is 4.15. The number of carbonyl (C=O) groups is 1. The van der Waals surface area contributed by atoms with E-state index in [1.54, 1.807) is 24.3 Å². The van der Waals surface area contributed by atoms with Crippen molar-refractivity contribution in [2.24, 2.45) is 0 Å². The molecule has 7 nitrogen and oxygen atoms in total. The van der Waals surface area contributed by atoms with Crippen LogP contribution in [-0.2, 0) is 13.2 Å². The first-order valence-electron chi connectivity index (χ1n) is 13.6. The van der Waals surface area contributed by atoms with Gasteiger partial charge in [0.1, 0.15) is 30.5 Å². The summed E-state index contributed by atoms with van der Waals surface area (Å²) in [5, 5.41) is 2.86. The third kappa shape index (κ3) is 7.59. The summed E-state index contributed by atoms with van der Waals surface area (Å²) < 4.78 is 29.0. The Hall–Kier alpha value is -4.39. The van der Waals surface area contributed by atoms with Gasteiger partial charge in [0.2, 0.25) is 0 Å². The molecule has 0 aliphatic heterocycles. The second kappa shape index (κ2) is 13.6. The Morgan fingerprint density at radius 1 is 0.775 bits per heavy atom. The Bertz CT molecular complexity index is 1410. The number of amides is 1. The van der Waals surface area contributed by atoms with Crippen molar-refractivity contribution in [1.82, 2.24) is 0 Å². The van der Waals surface area contributed by atoms with E-state index >= 15 is 0 Å². The summed E-state index contributed by atoms with van der Waals surface area (Å²) in [7, 11) is 0. The van der Waals surface area contributed by atoms with Gasteiger partial charge in [-0.05, 0) is 98.0 Å². The smallest absolute Gasteiger partial charge is 0.291 e. The summed E-state index contributed by atoms with van der Waals surface area (Å²) in [6.45, 7) is 11.9. The van der Waals surface area contributed by atoms with Gasteiger partial charge < -0.3 is 28.7 Å². The van der Waals surface area contributed by atoms with Crippen LogP contribution in [0.1, 0.15) is 66.6 Å². The largest absolute Gasteiger partial charge is 0.490 e. The van der Waals surface area contributed by atoms with Crippen molar-refractivity contribution in [3.8, 4) is 23.0 Å². The zero-order valence-electron chi connectivity index (χ0n) is 23.8. The number of carbonyl (C=O) groups excluding carboxylic acids is 1. The summed E-state index contributed by atoms with van der Waals surface area (Å²) in [5.41, 5.74) is 3.86. The molecule has 1 N–H and O–H groups in total. The number of rotatable bonds is 13. The predicted molar refractivity (Wildman–Crippen MR) is 156 cm³/mol. The van der Waals surface area contributed by atoms with Crippen LogP contribution in [0.5, 0.6) is 23.0 Å². The van der Waals surface area contributed by atoms with Gasteiger partial charge in [0.05, 0.1) is 13.2 Å². The van der Waals surface area contributed by atoms with Crippen molar-refractivity contribution in [2.75, 3.05) is 18.5 Å². The van der Waals surface area contributed by atoms with Crippen LogP contribution < -0.4 is 24.3 Å². The maximum Gasteiger partial charge on any atom is 0.291 e. The van der Waals surface area contributed by atoms with Crippen LogP contribution >= 0.6 is 0 Å². The molecule has 0 unspecified atom stereocenters. The van der Waals surface area contributed by atoms with E-state index in [1.165, 1.54) is 0 Å². The maximum absolute atomic E-state index is 12.7. The summed E-state index contributed by atoms with van der Waals surface area (Å²) in [5.74, 6) is 3.72. The van der Waals surface area contributed by atoms with Crippen LogP contribution in [0.3, 0.4) is 0 Å². The fraction of sp³-hybridized carbons (Fsp3) is 0.303. The van der Waals surface area contributed by atoms with Crippen molar-refractivity contribution in [2.45, 2.75) is 53.8 Å². The van der Waals surface area contributed by atoms with Gasteiger partial charge in [0.15, 0.2) is 17.3 Å². The molecule has 0 aliphatic carbocycles. The van der Waals surface area contributed by atoms with Gasteiger partial charge in [-0.3, -0.25) is 4.79 Å². The Balaban J connectivity index is 1.30. The topological polar surface area (TPSA) is 79.2 Å². The molecule has 0 spiro atoms. The molecule has 3 aromatic carbocycles. The van der Waals surface area contributed by atoms with Crippen molar-refractivity contribution < 1.29 is 28.2 Å². The standard InChI is InChI=1S/C33H37NO6/c1-6-36-29-16-9-24(19-32(29)37-7-2)20-38-26-12-10-25(11-13-26)34-33(35)30-17-14-27(40-30)21-39-31-18-23(5)8-15-28(31)22(3)4/h8-19,22H,6-7,20-21H2,1-5H3,(H,34,35). The molecule has 0 bridgehead atoms. The Kier molecular flexibility index (Phi) is 9.73. The molecule has 0 atom stereocenters. The van der Waals surface area contributed by atoms with E-state index in [4.69, 9.17) is 23.4 Å². The molecule has 1 aromatic heterocycles. The molecular weight excluding hydrogens is 506 g/mol. The molecule has 0 aliphatic rings. The van der Waals surface area contributed by atoms with E-state index in [0.29, 0.717) is 48.7 Å². The second-order valence-electron chi connectivity index (χ2n) is 9.66. The fourth-order valence-electron chi connectivity index (χ4n) is 4.15. The SMILES string of the molecule is CCOc1ccc(COc2ccc(NC(=O)c3ccc(COc4cc(C)ccc4C(C)C)o3)cc2)cc1OCC. The lowest BCUT2D eigenvalue weighted by atomic mass is 10.0. The van der Waals surface area contributed by atoms with Gasteiger partial charge in [-0.15, -0.1) is 0 Å². The first-order chi connectivity index (χ1) is 19.4. The Morgan fingerprint density at radius 3 is 2.25 bits per heavy atom. The van der Waals surface area contributed by atoms with Crippen molar-refractivity contribution in [3.63, 3.8) is 0 Å². The molecule has 1 amide bonds. The van der Waals surface area contributed by atoms with E-state index < -0.39 is 0 Å². The molecule has 0 saturated heterocycles. The van der Waals surface area contributed by atoms with Crippen LogP contribution in [0.15, 0.2) is 77.2 Å². The lowest BCUT2D eigenvalue weighted by Gasteiger charge is -2.14. The predicted octanol–water partition coefficient (Wildman–Crippen LogP) is 7.92. The highest BCUT2D eigenvalue weighted by molar-refractivity contribution is 6.02. The van der Waals surface area contributed by atoms with Gasteiger partial charge in [0.25, 0.3) is 5.91 Å². The first-order valence-corrected chi connectivity index (χ1v) is 13.6. The molecule has 40 heavy (non-hydrogen) atoms. The average molecular weight is 544 g/mol. The van der Waals surface area contributed by atoms with E-state index in [2.05, 4.69) is 31.3 Å². The Labute approximate surface area is 236 Å². The summed E-state index contributed by atoms with van der Waals surface area (Å²) in [4.78, 5) is 12.7. The summed E-state index contributed by atoms with van der Waals surface area (Å²) >= 11 is 0. The van der Waals surface area contributed by atoms with Crippen LogP contribution in [0.4, 0.5) is 5.69 Å². The number of furan rings is 1. The lowest BCUT2D eigenvalue weighted by Crippen LogP contribution is -2.10. The molecule has 210 valence electrons. The zero-order chi connectivity index (χ0) is 28.5. The minimum absolute atomic E-state index is 0.216. The molecule has 0 fully saturated rings. The first kappa shape index (κ1) is 28.6. The number of hydrogen-bond donors (Lipinski definition) is 1. The maximum atomic E-state index is 12.7. The van der Waals surface area contributed by atoms with Crippen molar-refractivity contribution in [3.05, 3.63) is 101 Å². The second-order valence-corrected chi connectivity index (χ2v) is 9.66. The number of aryl methyl sites for hydroxylation is 1. The van der Waals surface area contributed by atoms with Crippen LogP contribution in [-0.4, -0.2) is 19.1 Å². The van der Waals surface area contributed by atoms with Crippen molar-refractivity contribution >= 4 is 11.6 Å². The normalized spacial score (nSPS) is 10.8. The monoisotopic (exact) mass is 543 g/mol. The van der Waals surface area contributed by atoms with E-state index in [9.17, 15) is 4.79 Å². The number of ether oxygens (including phenoxy) is 4. The van der Waals surface area contributed by atoms with E-state index in [-0.39, 0.29) is 18.3 Å². The van der Waals surface area contributed by atoms with Gasteiger partial charge in [-0.1, -0.05) is 32.0 Å². The quantitative estimate of drug-likeness (QED) is 0.185. The lowest BCUT2D eigenvalue weighted by molar-refractivity contribution is 0.0992. The number of nitrogens with one attached hydrogen (secondary N) is 1. The number of benzene rings is 3. The summed E-state index contributed by atoms with van der Waals surface area (Å²) in [6, 6.07) is 22.6. The molecular formula is C33H37NO6. The highest BCUT2D eigenvalue weighted by Gasteiger charge is 2.14. The highest BCUT2D eigenvalue weighted by Crippen LogP contribution is 2.30. The molecule has 0 radical (unpaired) electrons. The highest BCUT2D eigenvalue weighted by atomic mass is 16.5. The third-order valence-corrected chi connectivity index (χ3v) is 6.17. The van der Waals surface area contributed by atoms with Crippen LogP contribution in [0, 0.1) is 6.92 Å². The Morgan fingerprint density at radius 2 is 1.52 bits per heavy atom. The van der Waals surface area contributed by atoms with E-state index in [0.717, 1.165) is 28.2 Å².